The molecule has 0 amide bonds. The fourth-order valence-corrected chi connectivity index (χ4v) is 10.9. The van der Waals surface area contributed by atoms with Crippen molar-refractivity contribution >= 4 is 33.2 Å². The summed E-state index contributed by atoms with van der Waals surface area (Å²) in [5, 5.41) is 8.20. The van der Waals surface area contributed by atoms with E-state index in [1.165, 1.54) is 32.6 Å². The van der Waals surface area contributed by atoms with E-state index in [0.717, 1.165) is 142 Å². The number of aliphatic hydroxyl groups is 1. The molecule has 104 heavy (non-hydrogen) atoms. The standard InChI is InChI=1S/C15H35N2O.C14H33N2O.C12H28N2O.C12H29N2.2C8H18ClN.C4H11NO.C4H11N.C2H4F3NO2S/c1-8-10-17(6,7)11-13-18-12-9-16(14(2)3)15(4)5;1-8-16(6,7)10-12-17-11-9-15(13(2)3)14(4)5;1-11(2)14(12(3)4)8-10-15-9-7-13(5)6;1-8-14(6,7)10-9-13(11(2)3)12(4)5;2*1-7(2)10(6-5-9)8(3)4;1-5(2)3-4-6;1-4-5(2)3;1-6-9(7,8)2(3,4)5/h14-15H,8-13H2,1-7H3;13-14H,8-12H2,1-7H3;11-12H,7-10H2,1-6H3;11-12H,8-10H2,1-7H3;2*7-8H,5-6H2,1-4H3;6H,3-4H2,1-2H3;4H2,1-3H3;6H,1H3/q2*+1;;+1;;;;;. The molecule has 642 valence electrons. The largest absolute Gasteiger partial charge is 0.511 e. The van der Waals surface area contributed by atoms with Gasteiger partial charge in [0.15, 0.2) is 0 Å². The third-order valence-electron chi connectivity index (χ3n) is 17.7. The van der Waals surface area contributed by atoms with Crippen molar-refractivity contribution in [3.8, 4) is 0 Å². The van der Waals surface area contributed by atoms with Crippen LogP contribution in [-0.4, -0.2) is 397 Å². The number of hydrogen-bond donors (Lipinski definition) is 2. The average Bonchev–Trinajstić information content (AvgIpc) is 0.848. The molecule has 0 unspecified atom stereocenters. The summed E-state index contributed by atoms with van der Waals surface area (Å²) in [6.45, 7) is 84.1. The zero-order chi connectivity index (χ0) is 84.1. The van der Waals surface area contributed by atoms with E-state index in [4.69, 9.17) is 42.5 Å². The summed E-state index contributed by atoms with van der Waals surface area (Å²) >= 11 is 11.3. The minimum absolute atomic E-state index is 0.257. The number of aliphatic hydroxyl groups excluding tert-OH is 1. The average molecular weight is 1580 g/mol. The molecule has 0 aliphatic carbocycles. The van der Waals surface area contributed by atoms with Crippen molar-refractivity contribution in [1.82, 2.24) is 48.8 Å². The number of likely N-dealkylation sites (N-methyl/N-ethyl adjacent to an activating group) is 5. The fraction of sp³-hybridized carbons (Fsp3) is 1.00. The second kappa shape index (κ2) is 71.7. The maximum absolute atomic E-state index is 11.2. The first kappa shape index (κ1) is 122. The van der Waals surface area contributed by atoms with Crippen LogP contribution in [-0.2, 0) is 24.2 Å². The van der Waals surface area contributed by atoms with E-state index in [-0.39, 0.29) is 6.61 Å². The van der Waals surface area contributed by atoms with Gasteiger partial charge in [0.2, 0.25) is 0 Å². The van der Waals surface area contributed by atoms with Gasteiger partial charge in [-0.1, -0.05) is 13.8 Å². The van der Waals surface area contributed by atoms with Gasteiger partial charge in [-0.05, 0) is 242 Å². The van der Waals surface area contributed by atoms with E-state index in [0.29, 0.717) is 79.5 Å². The Kier molecular flexibility index (Phi) is 84.0. The molecule has 0 aliphatic rings. The van der Waals surface area contributed by atoms with Gasteiger partial charge in [0.1, 0.15) is 13.1 Å². The lowest BCUT2D eigenvalue weighted by Gasteiger charge is -2.35. The quantitative estimate of drug-likeness (QED) is 0.0341. The fourth-order valence-electron chi connectivity index (χ4n) is 10.3. The Hall–Kier alpha value is -0.360. The molecule has 25 heteroatoms. The molecule has 0 aliphatic heterocycles. The highest BCUT2D eigenvalue weighted by molar-refractivity contribution is 7.90. The Morgan fingerprint density at radius 1 is 0.365 bits per heavy atom. The number of nitrogens with zero attached hydrogens (tertiary/aromatic N) is 12. The van der Waals surface area contributed by atoms with Crippen LogP contribution in [0.5, 0.6) is 0 Å². The Balaban J connectivity index is -0.000000143. The van der Waals surface area contributed by atoms with Crippen LogP contribution in [0.4, 0.5) is 13.2 Å². The second-order valence-electron chi connectivity index (χ2n) is 33.0. The molecule has 0 aromatic rings. The number of hydrogen-bond acceptors (Lipinski definition) is 15. The third-order valence-corrected chi connectivity index (χ3v) is 19.2. The normalized spacial score (nSPS) is 12.5. The van der Waals surface area contributed by atoms with E-state index >= 15 is 0 Å². The molecular formula is C79H187Cl2F3N13O6S+3. The monoisotopic (exact) mass is 1570 g/mol. The Labute approximate surface area is 659 Å². The van der Waals surface area contributed by atoms with Crippen molar-refractivity contribution in [1.29, 1.82) is 0 Å². The third kappa shape index (κ3) is 81.1. The SMILES string of the molecule is CC(C)N(CCCl)C(C)C.CC(C)N(CCCl)C(C)C.CC(C)N(CCOCCN(C)C)C(C)C.CCC[N+](C)(C)CCOCCN(C(C)C)C(C)C.CCN(C)C.CC[N+](C)(C)CCN(C(C)C)C(C)C.CC[N+](C)(C)CCOCCN(C(C)C)C(C)C.CN(C)CCO.CNS(=O)(=O)C(F)(F)F. The lowest BCUT2D eigenvalue weighted by Crippen LogP contribution is -2.48. The van der Waals surface area contributed by atoms with Gasteiger partial charge < -0.3 is 47.5 Å². The van der Waals surface area contributed by atoms with Gasteiger partial charge in [-0.25, -0.2) is 13.1 Å². The number of sulfonamides is 1. The van der Waals surface area contributed by atoms with Crippen LogP contribution < -0.4 is 4.72 Å². The summed E-state index contributed by atoms with van der Waals surface area (Å²) in [5.74, 6) is 1.46. The minimum atomic E-state index is -5.19. The molecule has 0 bridgehead atoms. The molecule has 0 saturated carbocycles. The summed E-state index contributed by atoms with van der Waals surface area (Å²) < 4.78 is 74.6. The molecule has 0 radical (unpaired) electrons. The van der Waals surface area contributed by atoms with Crippen LogP contribution >= 0.6 is 23.2 Å². The Morgan fingerprint density at radius 3 is 0.769 bits per heavy atom. The molecule has 0 aromatic heterocycles. The highest BCUT2D eigenvalue weighted by Gasteiger charge is 2.44. The number of nitrogens with one attached hydrogen (secondary N) is 1. The Morgan fingerprint density at radius 2 is 0.596 bits per heavy atom. The molecular weight excluding hydrogens is 1390 g/mol. The van der Waals surface area contributed by atoms with Crippen LogP contribution in [0.1, 0.15) is 200 Å². The zero-order valence-corrected chi connectivity index (χ0v) is 79.1. The predicted octanol–water partition coefficient (Wildman–Crippen LogP) is 13.6. The molecule has 2 N–H and O–H groups in total. The number of alkyl halides is 5. The van der Waals surface area contributed by atoms with Gasteiger partial charge >= 0.3 is 15.5 Å². The van der Waals surface area contributed by atoms with E-state index in [1.807, 2.05) is 19.0 Å². The second-order valence-corrected chi connectivity index (χ2v) is 35.6. The lowest BCUT2D eigenvalue weighted by atomic mass is 10.2. The van der Waals surface area contributed by atoms with Gasteiger partial charge in [0.05, 0.1) is 115 Å². The van der Waals surface area contributed by atoms with E-state index in [1.54, 1.807) is 0 Å². The smallest absolute Gasteiger partial charge is 0.395 e. The van der Waals surface area contributed by atoms with E-state index in [2.05, 4.69) is 304 Å². The molecule has 0 atom stereocenters. The first-order chi connectivity index (χ1) is 47.4. The van der Waals surface area contributed by atoms with E-state index in [9.17, 15) is 21.6 Å². The maximum Gasteiger partial charge on any atom is 0.511 e. The first-order valence-electron chi connectivity index (χ1n) is 39.8. The topological polar surface area (TPSA) is 123 Å². The molecule has 0 heterocycles. The van der Waals surface area contributed by atoms with Crippen molar-refractivity contribution in [3.63, 3.8) is 0 Å². The minimum Gasteiger partial charge on any atom is -0.395 e. The van der Waals surface area contributed by atoms with Crippen molar-refractivity contribution in [2.45, 2.75) is 278 Å². The van der Waals surface area contributed by atoms with Crippen LogP contribution in [0.15, 0.2) is 0 Å². The highest BCUT2D eigenvalue weighted by atomic mass is 35.5. The molecule has 19 nitrogen and oxygen atoms in total. The molecule has 0 saturated heterocycles. The van der Waals surface area contributed by atoms with Crippen molar-refractivity contribution in [3.05, 3.63) is 0 Å². The van der Waals surface area contributed by atoms with E-state index < -0.39 is 15.5 Å². The number of quaternary nitrogens is 3. The van der Waals surface area contributed by atoms with Crippen molar-refractivity contribution < 1.29 is 54.4 Å². The van der Waals surface area contributed by atoms with Crippen LogP contribution in [0, 0.1) is 0 Å². The maximum atomic E-state index is 11.2. The summed E-state index contributed by atoms with van der Waals surface area (Å²) in [6.07, 6.45) is 1.24. The number of ether oxygens (including phenoxy) is 3. The van der Waals surface area contributed by atoms with Gasteiger partial charge in [-0.2, -0.15) is 13.2 Å². The van der Waals surface area contributed by atoms with Gasteiger partial charge in [-0.15, -0.1) is 23.2 Å². The van der Waals surface area contributed by atoms with Gasteiger partial charge in [0, 0.05) is 137 Å². The zero-order valence-electron chi connectivity index (χ0n) is 76.8. The lowest BCUT2D eigenvalue weighted by molar-refractivity contribution is -0.890. The number of halogens is 5. The molecule has 0 aromatic carbocycles. The summed E-state index contributed by atoms with van der Waals surface area (Å²) in [5.41, 5.74) is -5.19. The first-order valence-corrected chi connectivity index (χ1v) is 42.3. The van der Waals surface area contributed by atoms with Crippen molar-refractivity contribution in [2.75, 3.05) is 248 Å². The number of rotatable bonds is 45. The predicted molar refractivity (Wildman–Crippen MR) is 455 cm³/mol. The molecule has 0 fully saturated rings. The Bertz CT molecular complexity index is 1820. The van der Waals surface area contributed by atoms with Gasteiger partial charge in [-0.3, -0.25) is 29.4 Å². The van der Waals surface area contributed by atoms with Crippen molar-refractivity contribution in [2.24, 2.45) is 0 Å². The van der Waals surface area contributed by atoms with Crippen LogP contribution in [0.25, 0.3) is 0 Å². The van der Waals surface area contributed by atoms with Crippen LogP contribution in [0.2, 0.25) is 0 Å². The van der Waals surface area contributed by atoms with Gasteiger partial charge in [0.25, 0.3) is 0 Å². The summed E-state index contributed by atoms with van der Waals surface area (Å²) in [7, 11) is 21.4. The highest BCUT2D eigenvalue weighted by Crippen LogP contribution is 2.21. The summed E-state index contributed by atoms with van der Waals surface area (Å²) in [4.78, 5) is 20.9. The molecule has 0 rings (SSSR count). The summed E-state index contributed by atoms with van der Waals surface area (Å²) in [6, 6.07) is 7.35. The molecule has 0 spiro atoms. The van der Waals surface area contributed by atoms with Crippen LogP contribution in [0.3, 0.4) is 0 Å².